The Morgan fingerprint density at radius 3 is 2.29 bits per heavy atom. The molecule has 0 amide bonds. The fourth-order valence-electron chi connectivity index (χ4n) is 4.27. The second-order valence-electron chi connectivity index (χ2n) is 8.40. The van der Waals surface area contributed by atoms with Crippen LogP contribution in [0.2, 0.25) is 0 Å². The van der Waals surface area contributed by atoms with Crippen molar-refractivity contribution < 1.29 is 13.8 Å². The number of methoxy groups -OCH3 is 1. The molecule has 3 aromatic carbocycles. The van der Waals surface area contributed by atoms with Crippen LogP contribution < -0.4 is 24.9 Å². The van der Waals surface area contributed by atoms with E-state index >= 15 is 0 Å². The lowest BCUT2D eigenvalue weighted by molar-refractivity contribution is -0.580. The third-order valence-electron chi connectivity index (χ3n) is 6.30. The highest BCUT2D eigenvalue weighted by Crippen LogP contribution is 2.31. The lowest BCUT2D eigenvalue weighted by Gasteiger charge is -2.09. The summed E-state index contributed by atoms with van der Waals surface area (Å²) in [6.45, 7) is 2.41. The molecule has 1 aliphatic heterocycles. The summed E-state index contributed by atoms with van der Waals surface area (Å²) in [4.78, 5) is 13.6. The Morgan fingerprint density at radius 2 is 1.63 bits per heavy atom. The highest BCUT2D eigenvalue weighted by Gasteiger charge is 2.31. The van der Waals surface area contributed by atoms with Crippen molar-refractivity contribution in [2.75, 3.05) is 7.11 Å². The Kier molecular flexibility index (Phi) is 6.26. The molecule has 1 aromatic heterocycles. The molecule has 1 aliphatic rings. The first-order valence-corrected chi connectivity index (χ1v) is 12.1. The van der Waals surface area contributed by atoms with Crippen LogP contribution in [-0.2, 0) is 13.7 Å². The number of hydrogen-bond donors (Lipinski definition) is 0. The van der Waals surface area contributed by atoms with Gasteiger partial charge < -0.3 is 9.47 Å². The summed E-state index contributed by atoms with van der Waals surface area (Å²) in [6.07, 6.45) is 0. The van der Waals surface area contributed by atoms with Crippen molar-refractivity contribution in [3.63, 3.8) is 0 Å². The van der Waals surface area contributed by atoms with Crippen LogP contribution in [-0.4, -0.2) is 11.7 Å². The molecule has 35 heavy (non-hydrogen) atoms. The van der Waals surface area contributed by atoms with Gasteiger partial charge in [-0.05, 0) is 63.8 Å². The van der Waals surface area contributed by atoms with Crippen LogP contribution in [0.3, 0.4) is 0 Å². The van der Waals surface area contributed by atoms with Gasteiger partial charge in [-0.1, -0.05) is 64.1 Å². The Balaban J connectivity index is 1.47. The number of aromatic nitrogens is 2. The maximum atomic E-state index is 13.6. The van der Waals surface area contributed by atoms with Crippen LogP contribution in [0.15, 0.2) is 88.8 Å². The first kappa shape index (κ1) is 23.1. The van der Waals surface area contributed by atoms with Crippen molar-refractivity contribution >= 4 is 20.4 Å². The van der Waals surface area contributed by atoms with Crippen molar-refractivity contribution in [3.8, 4) is 22.6 Å². The van der Waals surface area contributed by atoms with E-state index in [-0.39, 0.29) is 11.6 Å². The molecule has 0 N–H and O–H groups in total. The number of ether oxygens (including phenoxy) is 2. The summed E-state index contributed by atoms with van der Waals surface area (Å²) in [6, 6.07) is 25.1. The van der Waals surface area contributed by atoms with Crippen molar-refractivity contribution in [1.29, 1.82) is 0 Å². The summed E-state index contributed by atoms with van der Waals surface area (Å²) in [5.41, 5.74) is 5.00. The molecule has 4 aromatic rings. The molecular formula is C28H25BrN3O3+. The summed E-state index contributed by atoms with van der Waals surface area (Å²) >= 11 is 3.71. The molecule has 0 saturated carbocycles. The number of rotatable bonds is 6. The minimum Gasteiger partial charge on any atom is -0.497 e. The first-order chi connectivity index (χ1) is 17.0. The summed E-state index contributed by atoms with van der Waals surface area (Å²) in [5.74, 6) is 1.55. The van der Waals surface area contributed by atoms with Crippen LogP contribution in [0.1, 0.15) is 22.9 Å². The Bertz CT molecular complexity index is 1560. The van der Waals surface area contributed by atoms with Crippen LogP contribution in [0.25, 0.3) is 15.6 Å². The predicted molar refractivity (Wildman–Crippen MR) is 138 cm³/mol. The molecule has 176 valence electrons. The smallest absolute Gasteiger partial charge is 0.370 e. The van der Waals surface area contributed by atoms with E-state index in [2.05, 4.69) is 15.9 Å². The van der Waals surface area contributed by atoms with E-state index in [1.165, 1.54) is 4.36 Å². The van der Waals surface area contributed by atoms with Crippen molar-refractivity contribution in [3.05, 3.63) is 112 Å². The molecule has 1 atom stereocenters. The monoisotopic (exact) mass is 530 g/mol. The van der Waals surface area contributed by atoms with Gasteiger partial charge >= 0.3 is 11.0 Å². The van der Waals surface area contributed by atoms with Gasteiger partial charge in [0, 0.05) is 0 Å². The van der Waals surface area contributed by atoms with Crippen LogP contribution >= 0.6 is 15.9 Å². The molecule has 0 saturated heterocycles. The highest BCUT2D eigenvalue weighted by atomic mass is 79.9. The standard InChI is InChI=1S/C28H25BrN3O3/c1-18-24(20-11-15-23(16-12-20)35-17-19-9-13-22(34-3)14-10-19)28(33)32-27(31(18)2)25(29)26(30-32)21-7-5-4-6-8-21/h4-16,26H,17H2,1-3H3/q+1. The zero-order valence-electron chi connectivity index (χ0n) is 19.7. The molecule has 1 unspecified atom stereocenters. The third kappa shape index (κ3) is 4.28. The average molecular weight is 531 g/mol. The van der Waals surface area contributed by atoms with Gasteiger partial charge in [-0.25, -0.2) is 9.36 Å². The van der Waals surface area contributed by atoms with Gasteiger partial charge in [-0.15, -0.1) is 0 Å². The van der Waals surface area contributed by atoms with Gasteiger partial charge in [0.15, 0.2) is 6.04 Å². The molecule has 0 bridgehead atoms. The maximum Gasteiger partial charge on any atom is 0.370 e. The summed E-state index contributed by atoms with van der Waals surface area (Å²) in [7, 11) is 3.61. The Labute approximate surface area is 211 Å². The van der Waals surface area contributed by atoms with Crippen molar-refractivity contribution in [2.45, 2.75) is 19.6 Å². The minimum atomic E-state index is -0.251. The van der Waals surface area contributed by atoms with E-state index in [1.807, 2.05) is 97.4 Å². The van der Waals surface area contributed by atoms with Gasteiger partial charge in [0.1, 0.15) is 33.8 Å². The van der Waals surface area contributed by atoms with Crippen LogP contribution in [0.4, 0.5) is 0 Å². The van der Waals surface area contributed by atoms with Crippen LogP contribution in [0.5, 0.6) is 11.5 Å². The van der Waals surface area contributed by atoms with Crippen LogP contribution in [0, 0.1) is 6.92 Å². The maximum absolute atomic E-state index is 13.6. The van der Waals surface area contributed by atoms with E-state index in [0.717, 1.165) is 43.8 Å². The normalized spacial score (nSPS) is 14.4. The van der Waals surface area contributed by atoms with E-state index in [1.54, 1.807) is 7.11 Å². The largest absolute Gasteiger partial charge is 0.497 e. The molecule has 6 nitrogen and oxygen atoms in total. The lowest BCUT2D eigenvalue weighted by Crippen LogP contribution is -2.54. The molecule has 2 heterocycles. The summed E-state index contributed by atoms with van der Waals surface area (Å²) in [5, 5.41) is 4.75. The van der Waals surface area contributed by atoms with Gasteiger partial charge in [0.2, 0.25) is 0 Å². The minimum absolute atomic E-state index is 0.141. The van der Waals surface area contributed by atoms with Gasteiger partial charge in [-0.2, -0.15) is 0 Å². The second-order valence-corrected chi connectivity index (χ2v) is 9.25. The number of nitrogens with zero attached hydrogens (tertiary/aromatic N) is 3. The lowest BCUT2D eigenvalue weighted by atomic mass is 10.1. The van der Waals surface area contributed by atoms with Gasteiger partial charge in [0.05, 0.1) is 14.2 Å². The molecule has 0 radical (unpaired) electrons. The molecule has 7 heteroatoms. The van der Waals surface area contributed by atoms with Crippen molar-refractivity contribution in [2.24, 2.45) is 12.2 Å². The molecule has 0 fully saturated rings. The van der Waals surface area contributed by atoms with Gasteiger partial charge in [0.25, 0.3) is 0 Å². The second kappa shape index (κ2) is 9.50. The van der Waals surface area contributed by atoms with E-state index in [4.69, 9.17) is 14.6 Å². The zero-order valence-corrected chi connectivity index (χ0v) is 21.3. The third-order valence-corrected chi connectivity index (χ3v) is 7.09. The fourth-order valence-corrected chi connectivity index (χ4v) is 5.06. The first-order valence-electron chi connectivity index (χ1n) is 11.3. The fraction of sp³-hybridized carbons (Fsp3) is 0.179. The Hall–Kier alpha value is -3.71. The number of hydrogen-bond acceptors (Lipinski definition) is 4. The Morgan fingerprint density at radius 1 is 0.971 bits per heavy atom. The molecule has 0 aliphatic carbocycles. The number of fused-ring (bicyclic) bond motifs is 1. The summed E-state index contributed by atoms with van der Waals surface area (Å²) < 4.78 is 15.5. The predicted octanol–water partition coefficient (Wildman–Crippen LogP) is 4.53. The molecular weight excluding hydrogens is 506 g/mol. The average Bonchev–Trinajstić information content (AvgIpc) is 3.25. The quantitative estimate of drug-likeness (QED) is 0.344. The number of halogens is 1. The topological polar surface area (TPSA) is 58.7 Å². The van der Waals surface area contributed by atoms with E-state index in [0.29, 0.717) is 12.2 Å². The van der Waals surface area contributed by atoms with Gasteiger partial charge in [-0.3, -0.25) is 0 Å². The SMILES string of the molecule is COc1ccc(COc2ccc(-c3c(C)n(C)c4[n+](c3=O)=NC(c3ccccc3)C=4Br)cc2)cc1. The van der Waals surface area contributed by atoms with Crippen molar-refractivity contribution in [1.82, 2.24) is 4.57 Å². The highest BCUT2D eigenvalue weighted by molar-refractivity contribution is 9.14. The zero-order chi connectivity index (χ0) is 24.5. The number of benzene rings is 3. The molecule has 5 rings (SSSR count). The van der Waals surface area contributed by atoms with E-state index < -0.39 is 0 Å². The van der Waals surface area contributed by atoms with E-state index in [9.17, 15) is 4.79 Å². The molecule has 0 spiro atoms.